The zero-order valence-corrected chi connectivity index (χ0v) is 15.8. The largest absolute Gasteiger partial charge is 0.285 e. The van der Waals surface area contributed by atoms with Crippen LogP contribution in [-0.4, -0.2) is 21.1 Å². The average Bonchev–Trinajstić information content (AvgIpc) is 2.86. The molecule has 0 aromatic heterocycles. The van der Waals surface area contributed by atoms with Crippen LogP contribution in [0.2, 0.25) is 5.02 Å². The van der Waals surface area contributed by atoms with Crippen molar-refractivity contribution in [1.29, 1.82) is 0 Å². The molecule has 2 aromatic carbocycles. The molecule has 26 heavy (non-hydrogen) atoms. The number of carbonyl (C=O) groups is 2. The Morgan fingerprint density at radius 1 is 1.27 bits per heavy atom. The van der Waals surface area contributed by atoms with E-state index in [9.17, 15) is 14.0 Å². The molecule has 0 atom stereocenters. The minimum absolute atomic E-state index is 0.0971. The Morgan fingerprint density at radius 3 is 2.69 bits per heavy atom. The molecule has 0 saturated carbocycles. The lowest BCUT2D eigenvalue weighted by Crippen LogP contribution is -2.45. The van der Waals surface area contributed by atoms with Gasteiger partial charge in [0.1, 0.15) is 5.82 Å². The second-order valence-corrected chi connectivity index (χ2v) is 7.49. The van der Waals surface area contributed by atoms with E-state index in [1.165, 1.54) is 24.3 Å². The smallest absolute Gasteiger partial charge is 0.267 e. The molecule has 0 unspecified atom stereocenters. The van der Waals surface area contributed by atoms with Gasteiger partial charge in [0.15, 0.2) is 4.32 Å². The van der Waals surface area contributed by atoms with Gasteiger partial charge >= 0.3 is 0 Å². The van der Waals surface area contributed by atoms with Crippen LogP contribution in [0.1, 0.15) is 21.5 Å². The summed E-state index contributed by atoms with van der Waals surface area (Å²) in [5.74, 6) is -1.54. The molecule has 1 aliphatic rings. The number of hydrogen-bond acceptors (Lipinski definition) is 4. The standard InChI is InChI=1S/C18H12ClFN2O2S2/c1-10-5-2-3-6-11(10)16(23)21-22-17(24)15(26-18(22)25)9-12-13(19)7-4-8-14(12)20/h2-9H,1H3,(H,21,23)/b15-9-. The molecule has 0 radical (unpaired) electrons. The highest BCUT2D eigenvalue weighted by Gasteiger charge is 2.34. The SMILES string of the molecule is Cc1ccccc1C(=O)NN1C(=O)/C(=C/c2c(F)cccc2Cl)SC1=S. The summed E-state index contributed by atoms with van der Waals surface area (Å²) in [4.78, 5) is 25.1. The number of nitrogens with one attached hydrogen (secondary N) is 1. The van der Waals surface area contributed by atoms with Crippen LogP contribution in [0.15, 0.2) is 47.4 Å². The molecular formula is C18H12ClFN2O2S2. The first-order valence-electron chi connectivity index (χ1n) is 7.47. The Kier molecular flexibility index (Phi) is 5.41. The molecule has 1 heterocycles. The van der Waals surface area contributed by atoms with Crippen LogP contribution in [0.4, 0.5) is 4.39 Å². The van der Waals surface area contributed by atoms with Crippen molar-refractivity contribution >= 4 is 57.8 Å². The van der Waals surface area contributed by atoms with Crippen molar-refractivity contribution in [1.82, 2.24) is 10.4 Å². The lowest BCUT2D eigenvalue weighted by atomic mass is 10.1. The summed E-state index contributed by atoms with van der Waals surface area (Å²) in [6.45, 7) is 1.79. The monoisotopic (exact) mass is 406 g/mol. The Bertz CT molecular complexity index is 942. The van der Waals surface area contributed by atoms with Gasteiger partial charge in [0.25, 0.3) is 11.8 Å². The molecule has 1 N–H and O–H groups in total. The van der Waals surface area contributed by atoms with Gasteiger partial charge in [0.2, 0.25) is 0 Å². The van der Waals surface area contributed by atoms with Crippen LogP contribution in [0.3, 0.4) is 0 Å². The van der Waals surface area contributed by atoms with Gasteiger partial charge in [-0.3, -0.25) is 15.0 Å². The van der Waals surface area contributed by atoms with Crippen molar-refractivity contribution in [3.8, 4) is 0 Å². The molecular weight excluding hydrogens is 395 g/mol. The number of aryl methyl sites for hydroxylation is 1. The van der Waals surface area contributed by atoms with E-state index in [2.05, 4.69) is 5.43 Å². The predicted molar refractivity (Wildman–Crippen MR) is 105 cm³/mol. The van der Waals surface area contributed by atoms with Gasteiger partial charge in [-0.05, 0) is 49.0 Å². The van der Waals surface area contributed by atoms with E-state index in [4.69, 9.17) is 23.8 Å². The van der Waals surface area contributed by atoms with E-state index in [-0.39, 0.29) is 19.8 Å². The number of thioether (sulfide) groups is 1. The lowest BCUT2D eigenvalue weighted by Gasteiger charge is -2.16. The molecule has 1 saturated heterocycles. The normalized spacial score (nSPS) is 15.7. The zero-order chi connectivity index (χ0) is 18.8. The van der Waals surface area contributed by atoms with Crippen LogP contribution < -0.4 is 5.43 Å². The summed E-state index contributed by atoms with van der Waals surface area (Å²) in [6, 6.07) is 11.2. The Balaban J connectivity index is 1.85. The third-order valence-corrected chi connectivity index (χ3v) is 5.30. The minimum atomic E-state index is -0.549. The van der Waals surface area contributed by atoms with Gasteiger partial charge in [-0.15, -0.1) is 0 Å². The number of carbonyl (C=O) groups excluding carboxylic acids is 2. The number of rotatable bonds is 3. The number of amides is 2. The highest BCUT2D eigenvalue weighted by atomic mass is 35.5. The highest BCUT2D eigenvalue weighted by molar-refractivity contribution is 8.26. The zero-order valence-electron chi connectivity index (χ0n) is 13.5. The summed E-state index contributed by atoms with van der Waals surface area (Å²) in [5.41, 5.74) is 3.79. The van der Waals surface area contributed by atoms with Gasteiger partial charge in [0.05, 0.1) is 9.93 Å². The second-order valence-electron chi connectivity index (χ2n) is 5.41. The van der Waals surface area contributed by atoms with Crippen LogP contribution in [0.25, 0.3) is 6.08 Å². The summed E-state index contributed by atoms with van der Waals surface area (Å²) in [7, 11) is 0. The molecule has 3 rings (SSSR count). The molecule has 8 heteroatoms. The van der Waals surface area contributed by atoms with Crippen molar-refractivity contribution in [3.63, 3.8) is 0 Å². The molecule has 1 aliphatic heterocycles. The third-order valence-electron chi connectivity index (χ3n) is 3.67. The summed E-state index contributed by atoms with van der Waals surface area (Å²) < 4.78 is 14.1. The van der Waals surface area contributed by atoms with Gasteiger partial charge in [-0.25, -0.2) is 4.39 Å². The van der Waals surface area contributed by atoms with E-state index in [1.807, 2.05) is 6.07 Å². The molecule has 0 spiro atoms. The fourth-order valence-electron chi connectivity index (χ4n) is 2.33. The van der Waals surface area contributed by atoms with E-state index in [1.54, 1.807) is 25.1 Å². The fourth-order valence-corrected chi connectivity index (χ4v) is 3.71. The average molecular weight is 407 g/mol. The van der Waals surface area contributed by atoms with Crippen molar-refractivity contribution in [2.45, 2.75) is 6.92 Å². The van der Waals surface area contributed by atoms with Crippen LogP contribution >= 0.6 is 35.6 Å². The molecule has 2 amide bonds. The van der Waals surface area contributed by atoms with E-state index >= 15 is 0 Å². The number of hydrogen-bond donors (Lipinski definition) is 1. The number of halogens is 2. The maximum Gasteiger partial charge on any atom is 0.285 e. The Morgan fingerprint density at radius 2 is 2.00 bits per heavy atom. The first-order chi connectivity index (χ1) is 12.4. The maximum atomic E-state index is 13.9. The summed E-state index contributed by atoms with van der Waals surface area (Å²) >= 11 is 12.1. The number of thiocarbonyl (C=S) groups is 1. The number of nitrogens with zero attached hydrogens (tertiary/aromatic N) is 1. The Labute approximate surface area is 164 Å². The first kappa shape index (κ1) is 18.6. The summed E-state index contributed by atoms with van der Waals surface area (Å²) in [5, 5.41) is 1.16. The second kappa shape index (κ2) is 7.57. The van der Waals surface area contributed by atoms with E-state index in [0.717, 1.165) is 22.3 Å². The van der Waals surface area contributed by atoms with Crippen molar-refractivity contribution < 1.29 is 14.0 Å². The fraction of sp³-hybridized carbons (Fsp3) is 0.0556. The van der Waals surface area contributed by atoms with Crippen molar-refractivity contribution in [2.24, 2.45) is 0 Å². The molecule has 132 valence electrons. The number of hydrazine groups is 1. The van der Waals surface area contributed by atoms with Gasteiger partial charge in [-0.1, -0.05) is 47.6 Å². The summed E-state index contributed by atoms with van der Waals surface area (Å²) in [6.07, 6.45) is 1.33. The maximum absolute atomic E-state index is 13.9. The lowest BCUT2D eigenvalue weighted by molar-refractivity contribution is -0.123. The van der Waals surface area contributed by atoms with Crippen LogP contribution in [0, 0.1) is 12.7 Å². The predicted octanol–water partition coefficient (Wildman–Crippen LogP) is 4.33. The topological polar surface area (TPSA) is 49.4 Å². The highest BCUT2D eigenvalue weighted by Crippen LogP contribution is 2.33. The van der Waals surface area contributed by atoms with Gasteiger partial charge in [-0.2, -0.15) is 5.01 Å². The Hall–Kier alpha value is -2.22. The molecule has 0 bridgehead atoms. The molecule has 4 nitrogen and oxygen atoms in total. The van der Waals surface area contributed by atoms with Crippen molar-refractivity contribution in [2.75, 3.05) is 0 Å². The minimum Gasteiger partial charge on any atom is -0.267 e. The van der Waals surface area contributed by atoms with Gasteiger partial charge in [0, 0.05) is 11.1 Å². The number of benzene rings is 2. The molecule has 2 aromatic rings. The quantitative estimate of drug-likeness (QED) is 0.608. The van der Waals surface area contributed by atoms with E-state index in [0.29, 0.717) is 5.56 Å². The van der Waals surface area contributed by atoms with E-state index < -0.39 is 17.6 Å². The van der Waals surface area contributed by atoms with Crippen molar-refractivity contribution in [3.05, 3.63) is 74.9 Å². The molecule has 1 fully saturated rings. The third kappa shape index (κ3) is 3.65. The van der Waals surface area contributed by atoms with Crippen LogP contribution in [-0.2, 0) is 4.79 Å². The van der Waals surface area contributed by atoms with Crippen LogP contribution in [0.5, 0.6) is 0 Å². The first-order valence-corrected chi connectivity index (χ1v) is 9.07. The van der Waals surface area contributed by atoms with Gasteiger partial charge < -0.3 is 0 Å². The molecule has 0 aliphatic carbocycles.